The van der Waals surface area contributed by atoms with Crippen LogP contribution in [-0.4, -0.2) is 11.7 Å². The molecule has 1 rings (SSSR count). The van der Waals surface area contributed by atoms with Gasteiger partial charge in [0.2, 0.25) is 0 Å². The summed E-state index contributed by atoms with van der Waals surface area (Å²) < 4.78 is 0. The molecule has 0 heterocycles. The normalized spacial score (nSPS) is 13.5. The Kier molecular flexibility index (Phi) is 9.25. The zero-order valence-electron chi connectivity index (χ0n) is 14.3. The van der Waals surface area contributed by atoms with Crippen LogP contribution in [0.5, 0.6) is 0 Å². The van der Waals surface area contributed by atoms with E-state index in [2.05, 4.69) is 63.3 Å². The van der Waals surface area contributed by atoms with Crippen molar-refractivity contribution in [3.63, 3.8) is 0 Å². The monoisotopic (exact) mass is 298 g/mol. The first-order chi connectivity index (χ1) is 10.6. The fourth-order valence-electron chi connectivity index (χ4n) is 2.44. The molecule has 120 valence electrons. The number of hydrogen-bond acceptors (Lipinski definition) is 1. The molecular formula is C21H30O. The Morgan fingerprint density at radius 2 is 1.36 bits per heavy atom. The molecule has 0 spiro atoms. The van der Waals surface area contributed by atoms with Crippen LogP contribution in [0.15, 0.2) is 65.3 Å². The fraction of sp³-hybridized carbons (Fsp3) is 0.429. The molecule has 0 fully saturated rings. The second-order valence-electron chi connectivity index (χ2n) is 6.07. The van der Waals surface area contributed by atoms with E-state index in [4.69, 9.17) is 5.11 Å². The maximum atomic E-state index is 8.82. The van der Waals surface area contributed by atoms with E-state index in [9.17, 15) is 0 Å². The molecule has 0 aliphatic carbocycles. The van der Waals surface area contributed by atoms with Crippen LogP contribution >= 0.6 is 0 Å². The zero-order chi connectivity index (χ0) is 16.2. The molecule has 1 nitrogen and oxygen atoms in total. The molecule has 1 heteroatoms. The van der Waals surface area contributed by atoms with Gasteiger partial charge in [0.15, 0.2) is 0 Å². The Labute approximate surface area is 136 Å². The predicted molar refractivity (Wildman–Crippen MR) is 97.0 cm³/mol. The lowest BCUT2D eigenvalue weighted by Crippen LogP contribution is -1.87. The third-order valence-electron chi connectivity index (χ3n) is 3.83. The number of aliphatic hydroxyl groups is 1. The molecule has 1 aromatic rings. The molecule has 0 atom stereocenters. The van der Waals surface area contributed by atoms with Crippen molar-refractivity contribution in [2.75, 3.05) is 6.61 Å². The molecule has 0 saturated heterocycles. The van der Waals surface area contributed by atoms with E-state index in [-0.39, 0.29) is 6.61 Å². The lowest BCUT2D eigenvalue weighted by Gasteiger charge is -2.03. The summed E-state index contributed by atoms with van der Waals surface area (Å²) in [5.74, 6) is 0. The summed E-state index contributed by atoms with van der Waals surface area (Å²) in [7, 11) is 0. The Hall–Kier alpha value is -1.60. The van der Waals surface area contributed by atoms with Crippen molar-refractivity contribution in [3.05, 3.63) is 70.8 Å². The largest absolute Gasteiger partial charge is 0.392 e. The average molecular weight is 298 g/mol. The summed E-state index contributed by atoms with van der Waals surface area (Å²) >= 11 is 0. The highest BCUT2D eigenvalue weighted by molar-refractivity contribution is 5.21. The number of aliphatic hydroxyl groups excluding tert-OH is 1. The third-order valence-corrected chi connectivity index (χ3v) is 3.83. The number of allylic oxidation sites excluding steroid dienone is 5. The minimum Gasteiger partial charge on any atom is -0.392 e. The molecular weight excluding hydrogens is 268 g/mol. The number of benzene rings is 1. The van der Waals surface area contributed by atoms with Crippen molar-refractivity contribution in [3.8, 4) is 0 Å². The summed E-state index contributed by atoms with van der Waals surface area (Å²) in [6.45, 7) is 6.66. The van der Waals surface area contributed by atoms with Crippen molar-refractivity contribution >= 4 is 0 Å². The van der Waals surface area contributed by atoms with Crippen LogP contribution in [-0.2, 0) is 6.42 Å². The predicted octanol–water partition coefficient (Wildman–Crippen LogP) is 5.62. The number of hydrogen-bond donors (Lipinski definition) is 1. The molecule has 1 aromatic carbocycles. The van der Waals surface area contributed by atoms with Gasteiger partial charge in [-0.25, -0.2) is 0 Å². The van der Waals surface area contributed by atoms with E-state index in [1.54, 1.807) is 0 Å². The average Bonchev–Trinajstić information content (AvgIpc) is 2.48. The zero-order valence-corrected chi connectivity index (χ0v) is 14.3. The van der Waals surface area contributed by atoms with Crippen LogP contribution in [0, 0.1) is 0 Å². The molecule has 22 heavy (non-hydrogen) atoms. The standard InChI is InChI=1S/C21H30O/c1-18(9-7-11-19(2)15-16-22)10-8-12-20(3)17-21-13-5-4-6-14-21/h4-6,9,12-15,22H,7-8,10-11,16-17H2,1-3H3/b18-9+,19-15+,20-12+. The van der Waals surface area contributed by atoms with Gasteiger partial charge in [0.05, 0.1) is 6.61 Å². The molecule has 0 aliphatic rings. The molecule has 0 amide bonds. The van der Waals surface area contributed by atoms with Crippen molar-refractivity contribution in [2.24, 2.45) is 0 Å². The van der Waals surface area contributed by atoms with E-state index in [0.717, 1.165) is 32.1 Å². The molecule has 0 bridgehead atoms. The van der Waals surface area contributed by atoms with E-state index in [1.165, 1.54) is 22.3 Å². The van der Waals surface area contributed by atoms with Gasteiger partial charge in [-0.3, -0.25) is 0 Å². The number of rotatable bonds is 9. The van der Waals surface area contributed by atoms with Crippen molar-refractivity contribution in [1.29, 1.82) is 0 Å². The first kappa shape index (κ1) is 18.4. The third kappa shape index (κ3) is 8.63. The first-order valence-electron chi connectivity index (χ1n) is 8.23. The van der Waals surface area contributed by atoms with E-state index < -0.39 is 0 Å². The molecule has 1 N–H and O–H groups in total. The molecule has 0 saturated carbocycles. The summed E-state index contributed by atoms with van der Waals surface area (Å²) in [6.07, 6.45) is 12.0. The van der Waals surface area contributed by atoms with Gasteiger partial charge in [0.25, 0.3) is 0 Å². The maximum Gasteiger partial charge on any atom is 0.0614 e. The van der Waals surface area contributed by atoms with Crippen LogP contribution < -0.4 is 0 Å². The van der Waals surface area contributed by atoms with Gasteiger partial charge in [0.1, 0.15) is 0 Å². The summed E-state index contributed by atoms with van der Waals surface area (Å²) in [4.78, 5) is 0. The van der Waals surface area contributed by atoms with Gasteiger partial charge >= 0.3 is 0 Å². The van der Waals surface area contributed by atoms with Crippen molar-refractivity contribution < 1.29 is 5.11 Å². The van der Waals surface area contributed by atoms with E-state index >= 15 is 0 Å². The highest BCUT2D eigenvalue weighted by Crippen LogP contribution is 2.13. The van der Waals surface area contributed by atoms with Gasteiger partial charge in [-0.15, -0.1) is 0 Å². The van der Waals surface area contributed by atoms with Crippen LogP contribution in [0.2, 0.25) is 0 Å². The highest BCUT2D eigenvalue weighted by atomic mass is 16.2. The summed E-state index contributed by atoms with van der Waals surface area (Å²) in [5.41, 5.74) is 5.56. The van der Waals surface area contributed by atoms with Gasteiger partial charge in [-0.2, -0.15) is 0 Å². The van der Waals surface area contributed by atoms with E-state index in [0.29, 0.717) is 0 Å². The lowest BCUT2D eigenvalue weighted by atomic mass is 10.0. The first-order valence-corrected chi connectivity index (χ1v) is 8.23. The Bertz CT molecular complexity index is 506. The van der Waals surface area contributed by atoms with Crippen LogP contribution in [0.1, 0.15) is 52.0 Å². The Balaban J connectivity index is 2.29. The van der Waals surface area contributed by atoms with Gasteiger partial charge in [-0.1, -0.05) is 65.3 Å². The maximum absolute atomic E-state index is 8.82. The van der Waals surface area contributed by atoms with Gasteiger partial charge < -0.3 is 5.11 Å². The Morgan fingerprint density at radius 1 is 0.818 bits per heavy atom. The summed E-state index contributed by atoms with van der Waals surface area (Å²) in [6, 6.07) is 10.6. The summed E-state index contributed by atoms with van der Waals surface area (Å²) in [5, 5.41) is 8.82. The molecule has 0 aliphatic heterocycles. The highest BCUT2D eigenvalue weighted by Gasteiger charge is 1.95. The molecule has 0 aromatic heterocycles. The van der Waals surface area contributed by atoms with Crippen molar-refractivity contribution in [1.82, 2.24) is 0 Å². The van der Waals surface area contributed by atoms with Gasteiger partial charge in [-0.05, 0) is 58.4 Å². The molecule has 0 unspecified atom stereocenters. The van der Waals surface area contributed by atoms with Gasteiger partial charge in [0, 0.05) is 0 Å². The fourth-order valence-corrected chi connectivity index (χ4v) is 2.44. The Morgan fingerprint density at radius 3 is 1.95 bits per heavy atom. The van der Waals surface area contributed by atoms with Crippen LogP contribution in [0.25, 0.3) is 0 Å². The smallest absolute Gasteiger partial charge is 0.0614 e. The topological polar surface area (TPSA) is 20.2 Å². The second kappa shape index (κ2) is 11.0. The lowest BCUT2D eigenvalue weighted by molar-refractivity contribution is 0.341. The SMILES string of the molecule is C/C(=C\CO)CC/C=C(\C)CC/C=C(\C)Cc1ccccc1. The minimum atomic E-state index is 0.153. The molecule has 0 radical (unpaired) electrons. The minimum absolute atomic E-state index is 0.153. The van der Waals surface area contributed by atoms with Crippen molar-refractivity contribution in [2.45, 2.75) is 52.9 Å². The van der Waals surface area contributed by atoms with E-state index in [1.807, 2.05) is 6.08 Å². The quantitative estimate of drug-likeness (QED) is 0.587. The second-order valence-corrected chi connectivity index (χ2v) is 6.07. The van der Waals surface area contributed by atoms with Crippen LogP contribution in [0.3, 0.4) is 0 Å². The van der Waals surface area contributed by atoms with Crippen LogP contribution in [0.4, 0.5) is 0 Å².